The number of benzene rings is 3. The molecule has 0 unspecified atom stereocenters. The van der Waals surface area contributed by atoms with Crippen LogP contribution in [-0.2, 0) is 29.0 Å². The van der Waals surface area contributed by atoms with Gasteiger partial charge in [-0.15, -0.1) is 11.3 Å². The molecule has 2 aliphatic rings. The Morgan fingerprint density at radius 1 is 0.857 bits per heavy atom. The first kappa shape index (κ1) is 42.5. The van der Waals surface area contributed by atoms with Crippen LogP contribution in [-0.4, -0.2) is 78.7 Å². The normalized spacial score (nSPS) is 15.1. The molecule has 3 aromatic carbocycles. The number of methoxy groups -OCH3 is 1. The zero-order valence-electron chi connectivity index (χ0n) is 31.9. The lowest BCUT2D eigenvalue weighted by atomic mass is 9.87. The number of likely N-dealkylation sites (tertiary alicyclic amines) is 1. The highest BCUT2D eigenvalue weighted by Gasteiger charge is 2.38. The van der Waals surface area contributed by atoms with E-state index in [9.17, 15) is 22.8 Å². The van der Waals surface area contributed by atoms with Crippen molar-refractivity contribution in [1.29, 1.82) is 0 Å². The van der Waals surface area contributed by atoms with E-state index in [2.05, 4.69) is 58.1 Å². The van der Waals surface area contributed by atoms with Gasteiger partial charge in [-0.25, -0.2) is 4.79 Å². The lowest BCUT2D eigenvalue weighted by Gasteiger charge is -2.32. The maximum Gasteiger partial charge on any atom is 0.490 e. The number of ether oxygens (including phenoxy) is 1. The van der Waals surface area contributed by atoms with E-state index in [1.807, 2.05) is 47.4 Å². The van der Waals surface area contributed by atoms with Crippen molar-refractivity contribution < 1.29 is 37.4 Å². The van der Waals surface area contributed by atoms with Crippen LogP contribution >= 0.6 is 11.3 Å². The third-order valence-corrected chi connectivity index (χ3v) is 11.6. The fraction of sp³-hybridized carbons (Fsp3) is 0.432. The number of carboxylic acid groups (broad SMARTS) is 1. The first-order valence-electron chi connectivity index (χ1n) is 19.4. The number of nitrogens with zero attached hydrogens (tertiary/aromatic N) is 2. The van der Waals surface area contributed by atoms with Gasteiger partial charge in [-0.1, -0.05) is 67.8 Å². The number of nitrogens with one attached hydrogen (secondary N) is 1. The molecule has 4 aromatic rings. The van der Waals surface area contributed by atoms with Crippen LogP contribution in [0.15, 0.2) is 90.3 Å². The fourth-order valence-electron chi connectivity index (χ4n) is 7.40. The quantitative estimate of drug-likeness (QED) is 0.132. The Morgan fingerprint density at radius 3 is 2.12 bits per heavy atom. The molecular weight excluding hydrogens is 740 g/mol. The summed E-state index contributed by atoms with van der Waals surface area (Å²) >= 11 is 1.73. The first-order valence-corrected chi connectivity index (χ1v) is 20.3. The molecule has 0 aliphatic carbocycles. The highest BCUT2D eigenvalue weighted by Crippen LogP contribution is 2.28. The molecule has 1 aromatic heterocycles. The Labute approximate surface area is 331 Å². The van der Waals surface area contributed by atoms with Crippen LogP contribution in [0.5, 0.6) is 5.75 Å². The summed E-state index contributed by atoms with van der Waals surface area (Å²) in [5, 5.41) is 12.7. The summed E-state index contributed by atoms with van der Waals surface area (Å²) in [6.45, 7) is 5.24. The minimum atomic E-state index is -5.08. The molecule has 2 amide bonds. The molecule has 8 nitrogen and oxygen atoms in total. The molecule has 2 saturated heterocycles. The van der Waals surface area contributed by atoms with E-state index in [-0.39, 0.29) is 11.8 Å². The Kier molecular flexibility index (Phi) is 15.9. The van der Waals surface area contributed by atoms with Gasteiger partial charge in [0, 0.05) is 36.6 Å². The number of piperidine rings is 2. The molecule has 300 valence electrons. The molecule has 56 heavy (non-hydrogen) atoms. The molecule has 12 heteroatoms. The van der Waals surface area contributed by atoms with E-state index < -0.39 is 12.1 Å². The van der Waals surface area contributed by atoms with Crippen molar-refractivity contribution >= 4 is 29.1 Å². The Hall–Kier alpha value is -4.68. The zero-order chi connectivity index (χ0) is 39.9. The van der Waals surface area contributed by atoms with Crippen LogP contribution in [0.25, 0.3) is 11.1 Å². The van der Waals surface area contributed by atoms with Crippen LogP contribution in [0.3, 0.4) is 0 Å². The molecule has 3 heterocycles. The number of aliphatic carboxylic acids is 1. The Bertz CT molecular complexity index is 1840. The predicted octanol–water partition coefficient (Wildman–Crippen LogP) is 8.89. The van der Waals surface area contributed by atoms with Crippen LogP contribution in [0.1, 0.15) is 71.3 Å². The molecule has 0 radical (unpaired) electrons. The number of thiophene rings is 1. The number of carboxylic acids is 1. The summed E-state index contributed by atoms with van der Waals surface area (Å²) in [6, 6.07) is 28.4. The number of rotatable bonds is 14. The molecular formula is C44H52F3N3O5S. The zero-order valence-corrected chi connectivity index (χ0v) is 32.8. The van der Waals surface area contributed by atoms with E-state index in [0.29, 0.717) is 19.5 Å². The average molecular weight is 792 g/mol. The molecule has 6 rings (SSSR count). The van der Waals surface area contributed by atoms with Crippen LogP contribution < -0.4 is 10.1 Å². The van der Waals surface area contributed by atoms with Gasteiger partial charge in [0.05, 0.1) is 13.5 Å². The first-order chi connectivity index (χ1) is 27.0. The van der Waals surface area contributed by atoms with Crippen molar-refractivity contribution in [2.45, 2.75) is 70.5 Å². The van der Waals surface area contributed by atoms with Crippen molar-refractivity contribution in [3.63, 3.8) is 0 Å². The van der Waals surface area contributed by atoms with E-state index in [1.54, 1.807) is 18.4 Å². The minimum Gasteiger partial charge on any atom is -0.497 e. The van der Waals surface area contributed by atoms with Crippen molar-refractivity contribution in [3.8, 4) is 16.9 Å². The van der Waals surface area contributed by atoms with Crippen molar-refractivity contribution in [1.82, 2.24) is 15.1 Å². The number of carbonyl (C=O) groups is 3. The third kappa shape index (κ3) is 13.2. The second-order valence-corrected chi connectivity index (χ2v) is 15.6. The van der Waals surface area contributed by atoms with Crippen LogP contribution in [0, 0.1) is 11.8 Å². The summed E-state index contributed by atoms with van der Waals surface area (Å²) in [5.41, 5.74) is 4.87. The fourth-order valence-corrected chi connectivity index (χ4v) is 8.09. The van der Waals surface area contributed by atoms with Crippen LogP contribution in [0.2, 0.25) is 0 Å². The minimum absolute atomic E-state index is 0.102. The molecule has 2 N–H and O–H groups in total. The largest absolute Gasteiger partial charge is 0.497 e. The predicted molar refractivity (Wildman–Crippen MR) is 214 cm³/mol. The molecule has 0 atom stereocenters. The number of halogens is 3. The van der Waals surface area contributed by atoms with E-state index in [1.165, 1.54) is 50.1 Å². The van der Waals surface area contributed by atoms with Gasteiger partial charge in [-0.2, -0.15) is 13.2 Å². The van der Waals surface area contributed by atoms with Gasteiger partial charge in [-0.3, -0.25) is 9.59 Å². The van der Waals surface area contributed by atoms with E-state index in [4.69, 9.17) is 14.6 Å². The summed E-state index contributed by atoms with van der Waals surface area (Å²) in [7, 11) is 1.65. The number of hydrogen-bond donors (Lipinski definition) is 2. The van der Waals surface area contributed by atoms with E-state index >= 15 is 0 Å². The van der Waals surface area contributed by atoms with Crippen molar-refractivity contribution in [2.24, 2.45) is 11.8 Å². The van der Waals surface area contributed by atoms with E-state index in [0.717, 1.165) is 77.8 Å². The summed E-state index contributed by atoms with van der Waals surface area (Å²) < 4.78 is 37.0. The van der Waals surface area contributed by atoms with Gasteiger partial charge in [-0.05, 0) is 121 Å². The molecule has 0 spiro atoms. The van der Waals surface area contributed by atoms with Crippen LogP contribution in [0.4, 0.5) is 13.2 Å². The van der Waals surface area contributed by atoms with Crippen molar-refractivity contribution in [3.05, 3.63) is 112 Å². The average Bonchev–Trinajstić information content (AvgIpc) is 3.74. The lowest BCUT2D eigenvalue weighted by Crippen LogP contribution is -2.38. The Balaban J connectivity index is 0.000000784. The molecule has 0 bridgehead atoms. The number of alkyl halides is 3. The topological polar surface area (TPSA) is 99.2 Å². The summed E-state index contributed by atoms with van der Waals surface area (Å²) in [5.74, 6) is -0.0917. The highest BCUT2D eigenvalue weighted by atomic mass is 32.1. The molecule has 0 saturated carbocycles. The van der Waals surface area contributed by atoms with Gasteiger partial charge in [0.1, 0.15) is 5.75 Å². The van der Waals surface area contributed by atoms with Gasteiger partial charge in [0.15, 0.2) is 0 Å². The second-order valence-electron chi connectivity index (χ2n) is 14.6. The third-order valence-electron chi connectivity index (χ3n) is 10.6. The Morgan fingerprint density at radius 2 is 1.50 bits per heavy atom. The van der Waals surface area contributed by atoms with Gasteiger partial charge in [0.25, 0.3) is 5.91 Å². The highest BCUT2D eigenvalue weighted by molar-refractivity contribution is 7.09. The molecule has 2 aliphatic heterocycles. The summed E-state index contributed by atoms with van der Waals surface area (Å²) in [6.07, 6.45) is 4.95. The maximum atomic E-state index is 13.6. The lowest BCUT2D eigenvalue weighted by molar-refractivity contribution is -0.192. The van der Waals surface area contributed by atoms with Gasteiger partial charge in [0.2, 0.25) is 5.91 Å². The molecule has 2 fully saturated rings. The standard InChI is InChI=1S/C42H51N3O3S.C2HF3O2/c1-48-39-15-13-34(14-16-39)29-41(46)45(26-21-40-12-5-27-49-40)31-35-8-3-9-36(28-35)37-10-4-11-38(30-37)42(47)44-24-19-33(20-25-44)7-2-6-32-17-22-43-23-18-32;3-2(4,5)1(6)7/h3-5,8-16,27-28,30,32-33,43H,2,6-7,17-26,29,31H2,1H3;(H,6,7). The number of hydrogen-bond acceptors (Lipinski definition) is 6. The van der Waals surface area contributed by atoms with Crippen molar-refractivity contribution in [2.75, 3.05) is 39.8 Å². The monoisotopic (exact) mass is 791 g/mol. The smallest absolute Gasteiger partial charge is 0.490 e. The number of carbonyl (C=O) groups excluding carboxylic acids is 2. The second kappa shape index (κ2) is 21.0. The van der Waals surface area contributed by atoms with Gasteiger partial charge >= 0.3 is 12.1 Å². The SMILES string of the molecule is COc1ccc(CC(=O)N(CCc2cccs2)Cc2cccc(-c3cccc(C(=O)N4CCC(CCCC5CCNCC5)CC4)c3)c2)cc1.O=C(O)C(F)(F)F. The van der Waals surface area contributed by atoms with Gasteiger partial charge < -0.3 is 25.0 Å². The maximum absolute atomic E-state index is 13.6. The number of amides is 2. The summed E-state index contributed by atoms with van der Waals surface area (Å²) in [4.78, 5) is 41.5.